The summed E-state index contributed by atoms with van der Waals surface area (Å²) in [5.74, 6) is 1.12. The van der Waals surface area contributed by atoms with Crippen molar-refractivity contribution in [1.82, 2.24) is 19.8 Å². The predicted octanol–water partition coefficient (Wildman–Crippen LogP) is 5.53. The van der Waals surface area contributed by atoms with Crippen molar-refractivity contribution in [3.8, 4) is 11.8 Å². The summed E-state index contributed by atoms with van der Waals surface area (Å²) >= 11 is 0. The maximum Gasteiger partial charge on any atom is 0.410 e. The van der Waals surface area contributed by atoms with Crippen LogP contribution in [0.1, 0.15) is 41.7 Å². The molecule has 1 aromatic heterocycles. The second-order valence-corrected chi connectivity index (χ2v) is 12.5. The van der Waals surface area contributed by atoms with Crippen molar-refractivity contribution >= 4 is 40.2 Å². The molecular formula is C37H42N8O4. The Kier molecular flexibility index (Phi) is 10.7. The van der Waals surface area contributed by atoms with Crippen LogP contribution in [0.4, 0.5) is 22.2 Å². The molecule has 1 unspecified atom stereocenters. The van der Waals surface area contributed by atoms with Crippen molar-refractivity contribution in [2.75, 3.05) is 62.4 Å². The number of methoxy groups -OCH3 is 1. The first-order valence-electron chi connectivity index (χ1n) is 16.7. The molecule has 2 fully saturated rings. The Balaban J connectivity index is 1.24. The normalized spacial score (nSPS) is 18.1. The summed E-state index contributed by atoms with van der Waals surface area (Å²) in [5.41, 5.74) is 1.69. The van der Waals surface area contributed by atoms with Gasteiger partial charge >= 0.3 is 6.09 Å². The highest BCUT2D eigenvalue weighted by atomic mass is 16.6. The minimum absolute atomic E-state index is 0.122. The van der Waals surface area contributed by atoms with Gasteiger partial charge in [0.1, 0.15) is 23.9 Å². The summed E-state index contributed by atoms with van der Waals surface area (Å²) in [5, 5.41) is 17.9. The standard InChI is InChI=1S/C37H42N8O4/c1-43-17-9-8-13-28(43)23-39-36-41-33(35(46)40-32-21-30(48-2)20-27-12-6-7-14-31(27)32)22-34(42-36)44-18-19-45(29(24-44)15-16-38)37(47)49-25-26-10-4-3-5-11-26/h3-7,10-12,14,20-22,28-29H,8-9,13,15,17-19,23-25H2,1-2H3,(H,40,46)(H,39,41,42)/t28?,29-/m0/s1. The third-order valence-electron chi connectivity index (χ3n) is 9.26. The number of amides is 2. The topological polar surface area (TPSA) is 136 Å². The number of benzene rings is 3. The summed E-state index contributed by atoms with van der Waals surface area (Å²) in [7, 11) is 3.72. The van der Waals surface area contributed by atoms with Gasteiger partial charge in [-0.15, -0.1) is 0 Å². The molecule has 0 spiro atoms. The lowest BCUT2D eigenvalue weighted by molar-refractivity contribution is 0.0768. The smallest absolute Gasteiger partial charge is 0.410 e. The monoisotopic (exact) mass is 662 g/mol. The van der Waals surface area contributed by atoms with Gasteiger partial charge in [0.05, 0.1) is 31.3 Å². The van der Waals surface area contributed by atoms with Crippen LogP contribution in [0.3, 0.4) is 0 Å². The van der Waals surface area contributed by atoms with E-state index in [4.69, 9.17) is 14.5 Å². The molecule has 3 heterocycles. The predicted molar refractivity (Wildman–Crippen MR) is 189 cm³/mol. The van der Waals surface area contributed by atoms with Crippen LogP contribution < -0.4 is 20.3 Å². The van der Waals surface area contributed by atoms with Crippen LogP contribution in [0.5, 0.6) is 5.75 Å². The maximum absolute atomic E-state index is 13.9. The van der Waals surface area contributed by atoms with E-state index in [1.807, 2.05) is 65.6 Å². The first-order valence-corrected chi connectivity index (χ1v) is 16.7. The van der Waals surface area contributed by atoms with Gasteiger partial charge in [-0.05, 0) is 43.5 Å². The van der Waals surface area contributed by atoms with Gasteiger partial charge in [0.15, 0.2) is 0 Å². The molecule has 3 aromatic carbocycles. The number of likely N-dealkylation sites (tertiary alicyclic amines) is 1. The van der Waals surface area contributed by atoms with E-state index in [0.717, 1.165) is 35.7 Å². The van der Waals surface area contributed by atoms with Gasteiger partial charge in [-0.2, -0.15) is 10.2 Å². The van der Waals surface area contributed by atoms with Crippen LogP contribution in [0, 0.1) is 11.3 Å². The van der Waals surface area contributed by atoms with E-state index in [9.17, 15) is 14.9 Å². The molecule has 2 atom stereocenters. The molecule has 6 rings (SSSR count). The average molecular weight is 663 g/mol. The van der Waals surface area contributed by atoms with Gasteiger partial charge in [0, 0.05) is 49.7 Å². The van der Waals surface area contributed by atoms with E-state index in [0.29, 0.717) is 55.4 Å². The number of hydrogen-bond acceptors (Lipinski definition) is 10. The van der Waals surface area contributed by atoms with E-state index >= 15 is 0 Å². The van der Waals surface area contributed by atoms with E-state index < -0.39 is 18.0 Å². The number of nitrogens with one attached hydrogen (secondary N) is 2. The minimum atomic E-state index is -0.462. The molecule has 0 aliphatic carbocycles. The Morgan fingerprint density at radius 2 is 1.80 bits per heavy atom. The quantitative estimate of drug-likeness (QED) is 0.223. The third kappa shape index (κ3) is 8.18. The Morgan fingerprint density at radius 3 is 2.59 bits per heavy atom. The van der Waals surface area contributed by atoms with Crippen molar-refractivity contribution in [2.24, 2.45) is 0 Å². The molecule has 0 radical (unpaired) electrons. The van der Waals surface area contributed by atoms with E-state index in [-0.39, 0.29) is 18.7 Å². The highest BCUT2D eigenvalue weighted by Gasteiger charge is 2.33. The number of hydrogen-bond donors (Lipinski definition) is 2. The number of ether oxygens (including phenoxy) is 2. The van der Waals surface area contributed by atoms with Crippen molar-refractivity contribution in [1.29, 1.82) is 5.26 Å². The second-order valence-electron chi connectivity index (χ2n) is 12.5. The van der Waals surface area contributed by atoms with E-state index in [2.05, 4.69) is 33.6 Å². The molecule has 12 heteroatoms. The van der Waals surface area contributed by atoms with Crippen molar-refractivity contribution in [2.45, 2.75) is 44.4 Å². The first kappa shape index (κ1) is 33.5. The molecule has 2 saturated heterocycles. The molecule has 2 amide bonds. The van der Waals surface area contributed by atoms with Crippen LogP contribution in [0.25, 0.3) is 10.8 Å². The Labute approximate surface area is 286 Å². The van der Waals surface area contributed by atoms with E-state index in [1.165, 1.54) is 6.42 Å². The SMILES string of the molecule is COc1cc(NC(=O)c2cc(N3CCN(C(=O)OCc4ccccc4)[C@@H](CC#N)C3)nc(NCC3CCCCN3C)n2)c2ccccc2c1. The molecule has 254 valence electrons. The van der Waals surface area contributed by atoms with Gasteiger partial charge in [0.2, 0.25) is 5.95 Å². The van der Waals surface area contributed by atoms with Gasteiger partial charge in [-0.1, -0.05) is 61.0 Å². The molecule has 0 saturated carbocycles. The highest BCUT2D eigenvalue weighted by Crippen LogP contribution is 2.30. The van der Waals surface area contributed by atoms with Crippen molar-refractivity contribution < 1.29 is 19.1 Å². The summed E-state index contributed by atoms with van der Waals surface area (Å²) in [6.07, 6.45) is 3.07. The van der Waals surface area contributed by atoms with Crippen LogP contribution in [0.2, 0.25) is 0 Å². The number of piperazine rings is 1. The van der Waals surface area contributed by atoms with E-state index in [1.54, 1.807) is 24.1 Å². The van der Waals surface area contributed by atoms with Gasteiger partial charge in [-0.25, -0.2) is 9.78 Å². The zero-order chi connectivity index (χ0) is 34.2. The number of rotatable bonds is 10. The number of piperidine rings is 1. The van der Waals surface area contributed by atoms with Gasteiger partial charge < -0.3 is 34.8 Å². The Morgan fingerprint density at radius 1 is 0.980 bits per heavy atom. The van der Waals surface area contributed by atoms with Crippen molar-refractivity contribution in [3.05, 3.63) is 84.1 Å². The summed E-state index contributed by atoms with van der Waals surface area (Å²) in [6.45, 7) is 2.94. The van der Waals surface area contributed by atoms with Gasteiger partial charge in [0.25, 0.3) is 5.91 Å². The molecule has 49 heavy (non-hydrogen) atoms. The van der Waals surface area contributed by atoms with Crippen LogP contribution in [-0.4, -0.2) is 90.7 Å². The molecular weight excluding hydrogens is 620 g/mol. The zero-order valence-electron chi connectivity index (χ0n) is 28.0. The molecule has 12 nitrogen and oxygen atoms in total. The summed E-state index contributed by atoms with van der Waals surface area (Å²) in [6, 6.07) is 24.8. The largest absolute Gasteiger partial charge is 0.497 e. The molecule has 0 bridgehead atoms. The molecule has 2 N–H and O–H groups in total. The molecule has 4 aromatic rings. The maximum atomic E-state index is 13.9. The molecule has 2 aliphatic heterocycles. The summed E-state index contributed by atoms with van der Waals surface area (Å²) < 4.78 is 11.1. The summed E-state index contributed by atoms with van der Waals surface area (Å²) in [4.78, 5) is 42.5. The van der Waals surface area contributed by atoms with Crippen molar-refractivity contribution in [3.63, 3.8) is 0 Å². The average Bonchev–Trinajstić information content (AvgIpc) is 3.13. The lowest BCUT2D eigenvalue weighted by Gasteiger charge is -2.40. The lowest BCUT2D eigenvalue weighted by atomic mass is 10.0. The highest BCUT2D eigenvalue weighted by molar-refractivity contribution is 6.09. The van der Waals surface area contributed by atoms with Crippen LogP contribution in [0.15, 0.2) is 72.8 Å². The van der Waals surface area contributed by atoms with Crippen LogP contribution >= 0.6 is 0 Å². The Bertz CT molecular complexity index is 1810. The fourth-order valence-electron chi connectivity index (χ4n) is 6.48. The Hall–Kier alpha value is -5.41. The number of carbonyl (C=O) groups excluding carboxylic acids is 2. The van der Waals surface area contributed by atoms with Crippen LogP contribution in [-0.2, 0) is 11.3 Å². The lowest BCUT2D eigenvalue weighted by Crippen LogP contribution is -2.55. The fraction of sp³-hybridized carbons (Fsp3) is 0.378. The third-order valence-corrected chi connectivity index (χ3v) is 9.26. The zero-order valence-corrected chi connectivity index (χ0v) is 28.0. The number of nitriles is 1. The fourth-order valence-corrected chi connectivity index (χ4v) is 6.48. The minimum Gasteiger partial charge on any atom is -0.497 e. The molecule has 2 aliphatic rings. The number of anilines is 3. The number of fused-ring (bicyclic) bond motifs is 1. The second kappa shape index (κ2) is 15.7. The number of nitrogens with zero attached hydrogens (tertiary/aromatic N) is 6. The number of carbonyl (C=O) groups is 2. The first-order chi connectivity index (χ1) is 23.9. The van der Waals surface area contributed by atoms with Gasteiger partial charge in [-0.3, -0.25) is 4.79 Å². The number of aromatic nitrogens is 2. The number of likely N-dealkylation sites (N-methyl/N-ethyl adjacent to an activating group) is 1.